The molecule has 0 unspecified atom stereocenters. The number of allylic oxidation sites excluding steroid dienone is 1. The predicted octanol–water partition coefficient (Wildman–Crippen LogP) is 2.56. The van der Waals surface area contributed by atoms with Gasteiger partial charge >= 0.3 is 17.9 Å². The van der Waals surface area contributed by atoms with Gasteiger partial charge in [0.1, 0.15) is 27.0 Å². The molecule has 4 rings (SSSR count). The monoisotopic (exact) mass is 649 g/mol. The van der Waals surface area contributed by atoms with Gasteiger partial charge in [-0.25, -0.2) is 0 Å². The summed E-state index contributed by atoms with van der Waals surface area (Å²) in [5.41, 5.74) is 0.573. The van der Waals surface area contributed by atoms with E-state index in [2.05, 4.69) is 0 Å². The van der Waals surface area contributed by atoms with Gasteiger partial charge in [-0.05, 0) is 35.6 Å². The fraction of sp³-hybridized carbons (Fsp3) is 0.333. The van der Waals surface area contributed by atoms with Crippen LogP contribution in [-0.2, 0) is 25.7 Å². The van der Waals surface area contributed by atoms with E-state index in [1.165, 1.54) is 11.8 Å². The molecule has 3 heterocycles. The fourth-order valence-corrected chi connectivity index (χ4v) is 8.25. The van der Waals surface area contributed by atoms with Crippen LogP contribution >= 0.6 is 47.1 Å². The summed E-state index contributed by atoms with van der Waals surface area (Å²) in [5, 5.41) is 28.8. The van der Waals surface area contributed by atoms with Crippen molar-refractivity contribution in [3.8, 4) is 0 Å². The maximum atomic E-state index is 13.6. The molecule has 0 bridgehead atoms. The van der Waals surface area contributed by atoms with E-state index < -0.39 is 47.9 Å². The van der Waals surface area contributed by atoms with Gasteiger partial charge in [0.25, 0.3) is 11.5 Å². The number of aliphatic carboxylic acids is 3. The van der Waals surface area contributed by atoms with Gasteiger partial charge < -0.3 is 20.2 Å². The van der Waals surface area contributed by atoms with E-state index in [1.807, 2.05) is 49.9 Å². The molecule has 222 valence electrons. The van der Waals surface area contributed by atoms with Crippen LogP contribution in [-0.4, -0.2) is 66.0 Å². The van der Waals surface area contributed by atoms with Crippen LogP contribution < -0.4 is 19.7 Å². The Morgan fingerprint density at radius 1 is 0.952 bits per heavy atom. The van der Waals surface area contributed by atoms with E-state index in [0.717, 1.165) is 53.8 Å². The number of fused-ring (bicyclic) bond motifs is 1. The van der Waals surface area contributed by atoms with Gasteiger partial charge in [-0.15, -0.1) is 11.3 Å². The first-order valence-corrected chi connectivity index (χ1v) is 15.5. The van der Waals surface area contributed by atoms with E-state index in [4.69, 9.17) is 12.2 Å². The minimum Gasteiger partial charge on any atom is -0.481 e. The number of carboxylic acid groups (broad SMARTS) is 3. The number of carbonyl (C=O) groups is 4. The summed E-state index contributed by atoms with van der Waals surface area (Å²) < 4.78 is 1.27. The van der Waals surface area contributed by atoms with Crippen molar-refractivity contribution in [2.45, 2.75) is 45.1 Å². The number of thiazole rings is 1. The molecule has 1 saturated heterocycles. The topological polar surface area (TPSA) is 157 Å². The number of thiocarbonyl (C=S) groups is 1. The van der Waals surface area contributed by atoms with Crippen molar-refractivity contribution < 1.29 is 34.5 Å². The molecule has 2 aliphatic rings. The molecule has 1 aromatic carbocycles. The van der Waals surface area contributed by atoms with Crippen molar-refractivity contribution in [1.82, 2.24) is 9.47 Å². The molecule has 0 aliphatic carbocycles. The lowest BCUT2D eigenvalue weighted by Crippen LogP contribution is -2.37. The summed E-state index contributed by atoms with van der Waals surface area (Å²) in [5.74, 6) is -4.16. The standard InChI is InChI=1S/C27H27N3O8S4/c1-27(2,3)14(24-28(10-6-9-18(31)32)15-7-4-5-8-16(15)40-24)11-17-22(37)29(12-19(33)34)25(41-17)21-23(38)30(13-20(35)36)26(39)42-21/h4-5,7-8,11H,6,9-10,12-13H2,1-3H3,(H,31,32)(H,33,34)(H,35,36)/b17-11+,24-14+,25-21-. The van der Waals surface area contributed by atoms with Gasteiger partial charge in [0.15, 0.2) is 0 Å². The van der Waals surface area contributed by atoms with Gasteiger partial charge in [0, 0.05) is 17.9 Å². The molecule has 3 N–H and O–H groups in total. The average Bonchev–Trinajstić information content (AvgIpc) is 3.49. The van der Waals surface area contributed by atoms with Gasteiger partial charge in [0.05, 0.1) is 15.2 Å². The molecule has 1 amide bonds. The molecule has 42 heavy (non-hydrogen) atoms. The Morgan fingerprint density at radius 2 is 1.62 bits per heavy atom. The normalized spacial score (nSPS) is 18.1. The number of thioether (sulfide) groups is 2. The van der Waals surface area contributed by atoms with E-state index >= 15 is 0 Å². The number of carbonyl (C=O) groups excluding carboxylic acids is 1. The molecule has 2 aliphatic heterocycles. The van der Waals surface area contributed by atoms with Crippen molar-refractivity contribution in [3.05, 3.63) is 54.4 Å². The fourth-order valence-electron chi connectivity index (χ4n) is 4.34. The largest absolute Gasteiger partial charge is 0.481 e. The van der Waals surface area contributed by atoms with Crippen molar-refractivity contribution in [1.29, 1.82) is 0 Å². The van der Waals surface area contributed by atoms with Crippen LogP contribution in [0.25, 0.3) is 11.0 Å². The van der Waals surface area contributed by atoms with E-state index in [-0.39, 0.29) is 24.8 Å². The third kappa shape index (κ3) is 6.64. The zero-order valence-electron chi connectivity index (χ0n) is 22.8. The maximum Gasteiger partial charge on any atom is 0.323 e. The minimum atomic E-state index is -1.29. The Balaban J connectivity index is 1.95. The maximum absolute atomic E-state index is 13.6. The molecule has 0 radical (unpaired) electrons. The quantitative estimate of drug-likeness (QED) is 0.342. The molecule has 2 aromatic rings. The van der Waals surface area contributed by atoms with E-state index in [1.54, 1.807) is 6.08 Å². The minimum absolute atomic E-state index is 0.000255. The Hall–Kier alpha value is -3.40. The number of hydrogen-bond donors (Lipinski definition) is 3. The Morgan fingerprint density at radius 3 is 2.24 bits per heavy atom. The molecule has 11 nitrogen and oxygen atoms in total. The Bertz CT molecular complexity index is 1720. The van der Waals surface area contributed by atoms with Crippen LogP contribution in [0.5, 0.6) is 0 Å². The zero-order valence-corrected chi connectivity index (χ0v) is 26.0. The van der Waals surface area contributed by atoms with Crippen molar-refractivity contribution in [2.24, 2.45) is 5.41 Å². The van der Waals surface area contributed by atoms with Crippen molar-refractivity contribution >= 4 is 91.9 Å². The van der Waals surface area contributed by atoms with Crippen molar-refractivity contribution in [2.75, 3.05) is 18.0 Å². The second-order valence-corrected chi connectivity index (χ2v) is 14.1. The molecule has 15 heteroatoms. The van der Waals surface area contributed by atoms with Gasteiger partial charge in [0.2, 0.25) is 0 Å². The molecular formula is C27H27N3O8S4. The second kappa shape index (κ2) is 12.5. The highest BCUT2D eigenvalue weighted by atomic mass is 32.2. The number of aromatic nitrogens is 1. The summed E-state index contributed by atoms with van der Waals surface area (Å²) in [4.78, 5) is 64.9. The number of rotatable bonds is 9. The number of benzene rings is 1. The molecular weight excluding hydrogens is 623 g/mol. The lowest BCUT2D eigenvalue weighted by molar-refractivity contribution is -0.140. The van der Waals surface area contributed by atoms with Crippen molar-refractivity contribution in [3.63, 3.8) is 0 Å². The van der Waals surface area contributed by atoms with Crippen LogP contribution in [0.2, 0.25) is 0 Å². The lowest BCUT2D eigenvalue weighted by Gasteiger charge is -2.28. The lowest BCUT2D eigenvalue weighted by atomic mass is 9.86. The highest BCUT2D eigenvalue weighted by Gasteiger charge is 2.36. The first-order valence-electron chi connectivity index (χ1n) is 12.6. The third-order valence-corrected chi connectivity index (χ3v) is 10.1. The highest BCUT2D eigenvalue weighted by molar-refractivity contribution is 8.30. The second-order valence-electron chi connectivity index (χ2n) is 10.4. The zero-order chi connectivity index (χ0) is 30.9. The Labute approximate surface area is 257 Å². The summed E-state index contributed by atoms with van der Waals surface area (Å²) >= 11 is 8.47. The van der Waals surface area contributed by atoms with E-state index in [9.17, 15) is 39.3 Å². The van der Waals surface area contributed by atoms with E-state index in [0.29, 0.717) is 13.0 Å². The molecule has 1 aromatic heterocycles. The number of anilines is 1. The molecule has 0 spiro atoms. The summed E-state index contributed by atoms with van der Waals surface area (Å²) in [7, 11) is 0. The first-order chi connectivity index (χ1) is 19.7. The summed E-state index contributed by atoms with van der Waals surface area (Å²) in [6.45, 7) is 4.99. The third-order valence-electron chi connectivity index (χ3n) is 6.23. The van der Waals surface area contributed by atoms with Gasteiger partial charge in [-0.2, -0.15) is 0 Å². The molecule has 1 fully saturated rings. The van der Waals surface area contributed by atoms with Crippen LogP contribution in [0.3, 0.4) is 0 Å². The molecule has 0 saturated carbocycles. The van der Waals surface area contributed by atoms with Crippen LogP contribution in [0.4, 0.5) is 5.69 Å². The number of carboxylic acids is 3. The number of para-hydroxylation sites is 1. The number of amides is 1. The number of nitrogens with zero attached hydrogens (tertiary/aromatic N) is 3. The highest BCUT2D eigenvalue weighted by Crippen LogP contribution is 2.50. The molecule has 0 atom stereocenters. The van der Waals surface area contributed by atoms with Gasteiger partial charge in [-0.3, -0.25) is 33.4 Å². The summed E-state index contributed by atoms with van der Waals surface area (Å²) in [6, 6.07) is 7.72. The van der Waals surface area contributed by atoms with Crippen LogP contribution in [0.15, 0.2) is 44.6 Å². The number of hydrogen-bond acceptors (Lipinski definition) is 10. The average molecular weight is 650 g/mol. The summed E-state index contributed by atoms with van der Waals surface area (Å²) in [6.07, 6.45) is 2.08. The smallest absolute Gasteiger partial charge is 0.323 e. The predicted molar refractivity (Wildman–Crippen MR) is 166 cm³/mol. The van der Waals surface area contributed by atoms with Gasteiger partial charge in [-0.1, -0.05) is 68.6 Å². The van der Waals surface area contributed by atoms with Crippen LogP contribution in [0.1, 0.15) is 33.6 Å². The SMILES string of the molecule is CC(C)(C)C(/C=c1/s/c(=C2\SC(=S)N(CC(=O)O)C2=O)n(CC(=O)O)c1=O)=C1/Sc2ccccc2N1CCCC(=O)O. The van der Waals surface area contributed by atoms with Crippen LogP contribution in [0, 0.1) is 5.41 Å². The Kier molecular flexibility index (Phi) is 9.35. The first kappa shape index (κ1) is 31.5.